The molecule has 0 bridgehead atoms. The van der Waals surface area contributed by atoms with Crippen LogP contribution in [0.3, 0.4) is 0 Å². The zero-order chi connectivity index (χ0) is 9.68. The van der Waals surface area contributed by atoms with Gasteiger partial charge in [0.25, 0.3) is 0 Å². The predicted molar refractivity (Wildman–Crippen MR) is 50.2 cm³/mol. The number of hydrogen-bond donors (Lipinski definition) is 2. The fraction of sp³-hybridized carbons (Fsp3) is 0.100. The Morgan fingerprint density at radius 2 is 2.08 bits per heavy atom. The molecule has 0 heterocycles. The van der Waals surface area contributed by atoms with Crippen LogP contribution in [0.15, 0.2) is 43.1 Å². The molecule has 0 fully saturated rings. The third kappa shape index (κ3) is 2.33. The first-order valence-corrected chi connectivity index (χ1v) is 3.90. The molecule has 13 heavy (non-hydrogen) atoms. The van der Waals surface area contributed by atoms with Gasteiger partial charge in [0.1, 0.15) is 6.04 Å². The number of aliphatic carboxylic acids is 1. The summed E-state index contributed by atoms with van der Waals surface area (Å²) in [4.78, 5) is 10.8. The minimum Gasteiger partial charge on any atom is -0.479 e. The maximum Gasteiger partial charge on any atom is 0.330 e. The Hall–Kier alpha value is -1.77. The van der Waals surface area contributed by atoms with Gasteiger partial charge in [0.05, 0.1) is 0 Å². The molecule has 3 heteroatoms. The molecule has 0 amide bonds. The van der Waals surface area contributed by atoms with E-state index in [0.29, 0.717) is 0 Å². The van der Waals surface area contributed by atoms with Crippen molar-refractivity contribution < 1.29 is 9.90 Å². The van der Waals surface area contributed by atoms with Crippen LogP contribution < -0.4 is 5.32 Å². The van der Waals surface area contributed by atoms with E-state index >= 15 is 0 Å². The van der Waals surface area contributed by atoms with Gasteiger partial charge in [-0.05, 0) is 11.8 Å². The SMILES string of the molecule is C=CNC(C(=O)O)c1ccccc1. The van der Waals surface area contributed by atoms with Gasteiger partial charge in [-0.1, -0.05) is 36.9 Å². The van der Waals surface area contributed by atoms with E-state index in [4.69, 9.17) is 5.11 Å². The third-order valence-electron chi connectivity index (χ3n) is 1.66. The molecule has 3 nitrogen and oxygen atoms in total. The van der Waals surface area contributed by atoms with E-state index in [0.717, 1.165) is 5.56 Å². The summed E-state index contributed by atoms with van der Waals surface area (Å²) in [6.07, 6.45) is 1.38. The highest BCUT2D eigenvalue weighted by Gasteiger charge is 2.16. The maximum absolute atomic E-state index is 10.8. The Morgan fingerprint density at radius 1 is 1.46 bits per heavy atom. The predicted octanol–water partition coefficient (Wildman–Crippen LogP) is 1.55. The lowest BCUT2D eigenvalue weighted by Crippen LogP contribution is -2.23. The van der Waals surface area contributed by atoms with Crippen LogP contribution in [0.1, 0.15) is 11.6 Å². The minimum atomic E-state index is -0.911. The highest BCUT2D eigenvalue weighted by atomic mass is 16.4. The van der Waals surface area contributed by atoms with Crippen molar-refractivity contribution in [3.63, 3.8) is 0 Å². The molecule has 1 unspecified atom stereocenters. The van der Waals surface area contributed by atoms with Crippen molar-refractivity contribution in [2.24, 2.45) is 0 Å². The summed E-state index contributed by atoms with van der Waals surface area (Å²) >= 11 is 0. The molecule has 1 rings (SSSR count). The molecule has 0 aliphatic heterocycles. The second-order valence-corrected chi connectivity index (χ2v) is 2.55. The van der Waals surface area contributed by atoms with Gasteiger partial charge in [-0.15, -0.1) is 0 Å². The van der Waals surface area contributed by atoms with Crippen molar-refractivity contribution in [2.75, 3.05) is 0 Å². The van der Waals surface area contributed by atoms with Crippen LogP contribution in [-0.4, -0.2) is 11.1 Å². The van der Waals surface area contributed by atoms with E-state index < -0.39 is 12.0 Å². The van der Waals surface area contributed by atoms with Crippen LogP contribution in [0, 0.1) is 0 Å². The van der Waals surface area contributed by atoms with Gasteiger partial charge < -0.3 is 10.4 Å². The van der Waals surface area contributed by atoms with Gasteiger partial charge in [-0.3, -0.25) is 0 Å². The summed E-state index contributed by atoms with van der Waals surface area (Å²) in [5, 5.41) is 11.5. The van der Waals surface area contributed by atoms with Crippen LogP contribution in [0.2, 0.25) is 0 Å². The van der Waals surface area contributed by atoms with Gasteiger partial charge in [-0.2, -0.15) is 0 Å². The molecule has 0 radical (unpaired) electrons. The molecule has 0 saturated carbocycles. The van der Waals surface area contributed by atoms with Gasteiger partial charge in [0.15, 0.2) is 0 Å². The number of nitrogens with one attached hydrogen (secondary N) is 1. The first-order chi connectivity index (χ1) is 6.25. The van der Waals surface area contributed by atoms with Gasteiger partial charge >= 0.3 is 5.97 Å². The first-order valence-electron chi connectivity index (χ1n) is 3.90. The lowest BCUT2D eigenvalue weighted by Gasteiger charge is -2.11. The van der Waals surface area contributed by atoms with Crippen molar-refractivity contribution in [1.29, 1.82) is 0 Å². The summed E-state index contributed by atoms with van der Waals surface area (Å²) in [7, 11) is 0. The Labute approximate surface area is 76.7 Å². The number of hydrogen-bond acceptors (Lipinski definition) is 2. The second-order valence-electron chi connectivity index (χ2n) is 2.55. The molecular formula is C10H11NO2. The summed E-state index contributed by atoms with van der Waals surface area (Å²) < 4.78 is 0. The smallest absolute Gasteiger partial charge is 0.330 e. The van der Waals surface area contributed by atoms with Crippen LogP contribution in [0.25, 0.3) is 0 Å². The van der Waals surface area contributed by atoms with Crippen molar-refractivity contribution in [3.05, 3.63) is 48.7 Å². The van der Waals surface area contributed by atoms with Gasteiger partial charge in [-0.25, -0.2) is 4.79 Å². The molecule has 1 aromatic rings. The van der Waals surface area contributed by atoms with Crippen LogP contribution in [0.5, 0.6) is 0 Å². The van der Waals surface area contributed by atoms with E-state index in [1.807, 2.05) is 6.07 Å². The summed E-state index contributed by atoms with van der Waals surface area (Å²) in [6, 6.07) is 8.26. The molecule has 0 aliphatic carbocycles. The third-order valence-corrected chi connectivity index (χ3v) is 1.66. The molecule has 68 valence electrons. The molecule has 1 aromatic carbocycles. The number of carboxylic acid groups (broad SMARTS) is 1. The number of benzene rings is 1. The normalized spacial score (nSPS) is 11.7. The van der Waals surface area contributed by atoms with Crippen molar-refractivity contribution in [3.8, 4) is 0 Å². The monoisotopic (exact) mass is 177 g/mol. The summed E-state index contributed by atoms with van der Waals surface area (Å²) in [5.41, 5.74) is 0.718. The summed E-state index contributed by atoms with van der Waals surface area (Å²) in [5.74, 6) is -0.911. The summed E-state index contributed by atoms with van der Waals surface area (Å²) in [6.45, 7) is 3.43. The Kier molecular flexibility index (Phi) is 3.09. The van der Waals surface area contributed by atoms with E-state index in [1.165, 1.54) is 6.20 Å². The van der Waals surface area contributed by atoms with Crippen LogP contribution in [0.4, 0.5) is 0 Å². The minimum absolute atomic E-state index is 0.710. The quantitative estimate of drug-likeness (QED) is 0.733. The van der Waals surface area contributed by atoms with Gasteiger partial charge in [0, 0.05) is 0 Å². The number of carboxylic acids is 1. The Bertz CT molecular complexity index is 295. The molecule has 0 aromatic heterocycles. The van der Waals surface area contributed by atoms with Crippen LogP contribution >= 0.6 is 0 Å². The fourth-order valence-electron chi connectivity index (χ4n) is 1.07. The fourth-order valence-corrected chi connectivity index (χ4v) is 1.07. The van der Waals surface area contributed by atoms with E-state index in [1.54, 1.807) is 24.3 Å². The van der Waals surface area contributed by atoms with Crippen molar-refractivity contribution in [2.45, 2.75) is 6.04 Å². The maximum atomic E-state index is 10.8. The molecule has 2 N–H and O–H groups in total. The van der Waals surface area contributed by atoms with Crippen molar-refractivity contribution >= 4 is 5.97 Å². The lowest BCUT2D eigenvalue weighted by atomic mass is 10.1. The highest BCUT2D eigenvalue weighted by Crippen LogP contribution is 2.11. The number of carbonyl (C=O) groups is 1. The zero-order valence-electron chi connectivity index (χ0n) is 7.10. The largest absolute Gasteiger partial charge is 0.479 e. The van der Waals surface area contributed by atoms with E-state index in [2.05, 4.69) is 11.9 Å². The average Bonchev–Trinajstić information content (AvgIpc) is 2.15. The topological polar surface area (TPSA) is 49.3 Å². The standard InChI is InChI=1S/C10H11NO2/c1-2-11-9(10(12)13)8-6-4-3-5-7-8/h2-7,9,11H,1H2,(H,12,13). The van der Waals surface area contributed by atoms with E-state index in [-0.39, 0.29) is 0 Å². The number of rotatable bonds is 4. The van der Waals surface area contributed by atoms with Gasteiger partial charge in [0.2, 0.25) is 0 Å². The lowest BCUT2D eigenvalue weighted by molar-refractivity contribution is -0.139. The zero-order valence-corrected chi connectivity index (χ0v) is 7.10. The second kappa shape index (κ2) is 4.30. The molecule has 0 saturated heterocycles. The molecule has 0 spiro atoms. The van der Waals surface area contributed by atoms with E-state index in [9.17, 15) is 4.79 Å². The van der Waals surface area contributed by atoms with Crippen molar-refractivity contribution in [1.82, 2.24) is 5.32 Å². The highest BCUT2D eigenvalue weighted by molar-refractivity contribution is 5.75. The Balaban J connectivity index is 2.88. The average molecular weight is 177 g/mol. The molecular weight excluding hydrogens is 166 g/mol. The van der Waals surface area contributed by atoms with Crippen LogP contribution in [-0.2, 0) is 4.79 Å². The first kappa shape index (κ1) is 9.32. The molecule has 0 aliphatic rings. The molecule has 1 atom stereocenters. The Morgan fingerprint density at radius 3 is 2.54 bits per heavy atom.